The van der Waals surface area contributed by atoms with E-state index < -0.39 is 0 Å². The van der Waals surface area contributed by atoms with Crippen LogP contribution < -0.4 is 10.6 Å². The third-order valence-electron chi connectivity index (χ3n) is 4.09. The third kappa shape index (κ3) is 6.11. The molecule has 6 nitrogen and oxygen atoms in total. The van der Waals surface area contributed by atoms with E-state index in [0.717, 1.165) is 31.0 Å². The molecule has 0 amide bonds. The van der Waals surface area contributed by atoms with Crippen LogP contribution in [0.4, 0.5) is 0 Å². The summed E-state index contributed by atoms with van der Waals surface area (Å²) < 4.78 is 2.05. The predicted molar refractivity (Wildman–Crippen MR) is 109 cm³/mol. The van der Waals surface area contributed by atoms with Crippen LogP contribution >= 0.6 is 11.6 Å². The fourth-order valence-corrected chi connectivity index (χ4v) is 2.83. The van der Waals surface area contributed by atoms with Crippen LogP contribution in [0.3, 0.4) is 0 Å². The van der Waals surface area contributed by atoms with Crippen LogP contribution in [-0.4, -0.2) is 34.1 Å². The van der Waals surface area contributed by atoms with Gasteiger partial charge in [0.1, 0.15) is 5.15 Å². The zero-order valence-electron chi connectivity index (χ0n) is 15.3. The Balaban J connectivity index is 1.46. The van der Waals surface area contributed by atoms with Gasteiger partial charge in [-0.3, -0.25) is 4.99 Å². The minimum atomic E-state index is 0.513. The van der Waals surface area contributed by atoms with E-state index in [4.69, 9.17) is 11.6 Å². The van der Waals surface area contributed by atoms with Crippen molar-refractivity contribution in [2.24, 2.45) is 4.99 Å². The van der Waals surface area contributed by atoms with Gasteiger partial charge in [0.15, 0.2) is 5.96 Å². The van der Waals surface area contributed by atoms with E-state index in [1.807, 2.05) is 18.6 Å². The zero-order valence-corrected chi connectivity index (χ0v) is 16.0. The summed E-state index contributed by atoms with van der Waals surface area (Å²) in [5.74, 6) is 0.775. The van der Waals surface area contributed by atoms with Gasteiger partial charge in [0.2, 0.25) is 0 Å². The lowest BCUT2D eigenvalue weighted by atomic mass is 10.1. The number of imidazole rings is 1. The van der Waals surface area contributed by atoms with Crippen molar-refractivity contribution in [1.82, 2.24) is 25.2 Å². The summed E-state index contributed by atoms with van der Waals surface area (Å²) in [6.45, 7) is 2.29. The molecule has 0 saturated heterocycles. The number of hydrogen-bond acceptors (Lipinski definition) is 3. The summed E-state index contributed by atoms with van der Waals surface area (Å²) in [4.78, 5) is 12.5. The number of rotatable bonds is 7. The van der Waals surface area contributed by atoms with E-state index >= 15 is 0 Å². The monoisotopic (exact) mass is 382 g/mol. The van der Waals surface area contributed by atoms with Gasteiger partial charge < -0.3 is 15.2 Å². The first-order valence-corrected chi connectivity index (χ1v) is 9.19. The number of guanidine groups is 1. The van der Waals surface area contributed by atoms with E-state index in [0.29, 0.717) is 11.7 Å². The van der Waals surface area contributed by atoms with Gasteiger partial charge in [-0.15, -0.1) is 0 Å². The second-order valence-corrected chi connectivity index (χ2v) is 6.53. The zero-order chi connectivity index (χ0) is 18.9. The van der Waals surface area contributed by atoms with Crippen LogP contribution in [0.2, 0.25) is 5.15 Å². The second-order valence-electron chi connectivity index (χ2n) is 6.15. The van der Waals surface area contributed by atoms with Crippen molar-refractivity contribution in [3.8, 4) is 0 Å². The van der Waals surface area contributed by atoms with Gasteiger partial charge in [-0.2, -0.15) is 0 Å². The minimum Gasteiger partial charge on any atom is -0.356 e. The molecule has 7 heteroatoms. The van der Waals surface area contributed by atoms with Gasteiger partial charge >= 0.3 is 0 Å². The fourth-order valence-electron chi connectivity index (χ4n) is 2.72. The highest BCUT2D eigenvalue weighted by molar-refractivity contribution is 6.29. The normalized spacial score (nSPS) is 11.4. The smallest absolute Gasteiger partial charge is 0.191 e. The van der Waals surface area contributed by atoms with Crippen LogP contribution in [0, 0.1) is 0 Å². The van der Waals surface area contributed by atoms with E-state index in [1.165, 1.54) is 11.1 Å². The van der Waals surface area contributed by atoms with Crippen molar-refractivity contribution < 1.29 is 0 Å². The van der Waals surface area contributed by atoms with Crippen LogP contribution in [-0.2, 0) is 19.5 Å². The topological polar surface area (TPSA) is 67.1 Å². The highest BCUT2D eigenvalue weighted by Gasteiger charge is 2.01. The second kappa shape index (κ2) is 9.73. The lowest BCUT2D eigenvalue weighted by Gasteiger charge is -2.13. The first-order chi connectivity index (χ1) is 13.2. The van der Waals surface area contributed by atoms with Crippen molar-refractivity contribution in [2.75, 3.05) is 13.6 Å². The quantitative estimate of drug-likeness (QED) is 0.374. The van der Waals surface area contributed by atoms with Gasteiger partial charge in [0.25, 0.3) is 0 Å². The van der Waals surface area contributed by atoms with Crippen LogP contribution in [0.15, 0.2) is 66.3 Å². The van der Waals surface area contributed by atoms with Crippen molar-refractivity contribution in [3.63, 3.8) is 0 Å². The molecule has 0 spiro atoms. The molecule has 27 heavy (non-hydrogen) atoms. The molecule has 0 atom stereocenters. The number of pyridine rings is 1. The Morgan fingerprint density at radius 3 is 2.78 bits per heavy atom. The molecule has 2 heterocycles. The van der Waals surface area contributed by atoms with Crippen molar-refractivity contribution in [1.29, 1.82) is 0 Å². The molecule has 0 aliphatic carbocycles. The summed E-state index contributed by atoms with van der Waals surface area (Å²) in [7, 11) is 1.77. The first kappa shape index (κ1) is 18.9. The largest absolute Gasteiger partial charge is 0.356 e. The van der Waals surface area contributed by atoms with Crippen molar-refractivity contribution in [3.05, 3.63) is 83.2 Å². The molecule has 2 N–H and O–H groups in total. The van der Waals surface area contributed by atoms with Crippen molar-refractivity contribution >= 4 is 17.6 Å². The van der Waals surface area contributed by atoms with E-state index in [1.54, 1.807) is 25.5 Å². The molecule has 0 unspecified atom stereocenters. The number of aromatic nitrogens is 3. The van der Waals surface area contributed by atoms with Gasteiger partial charge in [0, 0.05) is 45.3 Å². The molecule has 0 bridgehead atoms. The average Bonchev–Trinajstić information content (AvgIpc) is 3.19. The van der Waals surface area contributed by atoms with Crippen molar-refractivity contribution in [2.45, 2.75) is 19.5 Å². The standard InChI is InChI=1S/C20H23ClN6/c1-22-20(24-8-7-16-5-6-19(21)25-12-16)26-13-17-3-2-4-18(11-17)14-27-10-9-23-15-27/h2-6,9-12,15H,7-8,13-14H2,1H3,(H2,22,24,26). The molecule has 0 aliphatic rings. The maximum Gasteiger partial charge on any atom is 0.191 e. The van der Waals surface area contributed by atoms with E-state index in [9.17, 15) is 0 Å². The molecular formula is C20H23ClN6. The number of halogens is 1. The average molecular weight is 383 g/mol. The molecule has 0 aliphatic heterocycles. The van der Waals surface area contributed by atoms with Crippen LogP contribution in [0.25, 0.3) is 0 Å². The molecule has 140 valence electrons. The van der Waals surface area contributed by atoms with Gasteiger partial charge in [-0.05, 0) is 29.2 Å². The number of hydrogen-bond donors (Lipinski definition) is 2. The van der Waals surface area contributed by atoms with Crippen LogP contribution in [0.5, 0.6) is 0 Å². The number of nitrogens with zero attached hydrogens (tertiary/aromatic N) is 4. The Hall–Kier alpha value is -2.86. The fraction of sp³-hybridized carbons (Fsp3) is 0.250. The lowest BCUT2D eigenvalue weighted by molar-refractivity contribution is 0.782. The van der Waals surface area contributed by atoms with E-state index in [-0.39, 0.29) is 0 Å². The Morgan fingerprint density at radius 2 is 2.04 bits per heavy atom. The molecule has 1 aromatic carbocycles. The lowest BCUT2D eigenvalue weighted by Crippen LogP contribution is -2.37. The Labute approximate surface area is 164 Å². The molecule has 2 aromatic heterocycles. The summed E-state index contributed by atoms with van der Waals surface area (Å²) >= 11 is 5.81. The van der Waals surface area contributed by atoms with Gasteiger partial charge in [-0.25, -0.2) is 9.97 Å². The maximum atomic E-state index is 5.81. The third-order valence-corrected chi connectivity index (χ3v) is 4.32. The summed E-state index contributed by atoms with van der Waals surface area (Å²) in [5.41, 5.74) is 3.58. The molecule has 3 aromatic rings. The minimum absolute atomic E-state index is 0.513. The summed E-state index contributed by atoms with van der Waals surface area (Å²) in [6, 6.07) is 12.3. The van der Waals surface area contributed by atoms with Gasteiger partial charge in [0.05, 0.1) is 6.33 Å². The molecule has 0 saturated carbocycles. The Bertz CT molecular complexity index is 858. The Kier molecular flexibility index (Phi) is 6.82. The highest BCUT2D eigenvalue weighted by Crippen LogP contribution is 2.07. The Morgan fingerprint density at radius 1 is 1.15 bits per heavy atom. The molecular weight excluding hydrogens is 360 g/mol. The van der Waals surface area contributed by atoms with Crippen LogP contribution in [0.1, 0.15) is 16.7 Å². The maximum absolute atomic E-state index is 5.81. The molecule has 0 fully saturated rings. The predicted octanol–water partition coefficient (Wildman–Crippen LogP) is 2.89. The molecule has 3 rings (SSSR count). The highest BCUT2D eigenvalue weighted by atomic mass is 35.5. The number of benzene rings is 1. The van der Waals surface area contributed by atoms with Gasteiger partial charge in [-0.1, -0.05) is 41.9 Å². The number of nitrogens with one attached hydrogen (secondary N) is 2. The summed E-state index contributed by atoms with van der Waals surface area (Å²) in [5, 5.41) is 7.18. The van der Waals surface area contributed by atoms with E-state index in [2.05, 4.69) is 54.4 Å². The first-order valence-electron chi connectivity index (χ1n) is 8.81. The molecule has 0 radical (unpaired) electrons. The SMILES string of the molecule is CN=C(NCCc1ccc(Cl)nc1)NCc1cccc(Cn2ccnc2)c1. The summed E-state index contributed by atoms with van der Waals surface area (Å²) in [6.07, 6.45) is 8.23. The number of aliphatic imine (C=N–C) groups is 1.